The fourth-order valence-corrected chi connectivity index (χ4v) is 1.81. The van der Waals surface area contributed by atoms with E-state index < -0.39 is 10.8 Å². The van der Waals surface area contributed by atoms with Gasteiger partial charge in [0, 0.05) is 41.3 Å². The number of rotatable bonds is 5. The van der Waals surface area contributed by atoms with Crippen molar-refractivity contribution in [2.24, 2.45) is 0 Å². The number of anilines is 2. The highest BCUT2D eigenvalue weighted by atomic mass is 32.2. The van der Waals surface area contributed by atoms with Crippen LogP contribution in [0.5, 0.6) is 0 Å². The maximum absolute atomic E-state index is 10.9. The van der Waals surface area contributed by atoms with E-state index in [0.717, 1.165) is 24.5 Å². The molecule has 1 aromatic rings. The van der Waals surface area contributed by atoms with Crippen LogP contribution in [0.4, 0.5) is 11.6 Å². The lowest BCUT2D eigenvalue weighted by atomic mass is 10.4. The summed E-state index contributed by atoms with van der Waals surface area (Å²) >= 11 is 0. The third-order valence-corrected chi connectivity index (χ3v) is 3.18. The van der Waals surface area contributed by atoms with E-state index in [4.69, 9.17) is 5.73 Å². The highest BCUT2D eigenvalue weighted by Gasteiger charge is 2.27. The predicted octanol–water partition coefficient (Wildman–Crippen LogP) is 0.727. The zero-order chi connectivity index (χ0) is 11.5. The second-order valence-corrected chi connectivity index (χ2v) is 5.57. The second kappa shape index (κ2) is 4.78. The summed E-state index contributed by atoms with van der Waals surface area (Å²) in [6.07, 6.45) is 4.00. The van der Waals surface area contributed by atoms with Crippen LogP contribution in [-0.2, 0) is 10.8 Å². The zero-order valence-electron chi connectivity index (χ0n) is 9.27. The van der Waals surface area contributed by atoms with E-state index in [9.17, 15) is 4.21 Å². The topological polar surface area (TPSA) is 80.9 Å². The fourth-order valence-electron chi connectivity index (χ4n) is 1.42. The largest absolute Gasteiger partial charge is 0.384 e. The first-order valence-corrected chi connectivity index (χ1v) is 7.06. The van der Waals surface area contributed by atoms with Gasteiger partial charge >= 0.3 is 0 Å². The number of hydrogen-bond donors (Lipinski definition) is 2. The van der Waals surface area contributed by atoms with Crippen molar-refractivity contribution in [2.45, 2.75) is 18.8 Å². The van der Waals surface area contributed by atoms with Gasteiger partial charge in [0.1, 0.15) is 17.5 Å². The number of hydrogen-bond acceptors (Lipinski definition) is 5. The fraction of sp³-hybridized carbons (Fsp3) is 0.600. The van der Waals surface area contributed by atoms with Crippen molar-refractivity contribution in [1.82, 2.24) is 9.97 Å². The summed E-state index contributed by atoms with van der Waals surface area (Å²) < 4.78 is 10.9. The lowest BCUT2D eigenvalue weighted by Gasteiger charge is -2.07. The molecule has 3 N–H and O–H groups in total. The van der Waals surface area contributed by atoms with Crippen molar-refractivity contribution in [3.8, 4) is 0 Å². The molecule has 0 spiro atoms. The monoisotopic (exact) mass is 240 g/mol. The number of nitrogens with one attached hydrogen (secondary N) is 1. The predicted molar refractivity (Wildman–Crippen MR) is 65.8 cm³/mol. The van der Waals surface area contributed by atoms with Gasteiger partial charge in [0.05, 0.1) is 0 Å². The molecular weight excluding hydrogens is 224 g/mol. The Morgan fingerprint density at radius 3 is 2.94 bits per heavy atom. The molecule has 16 heavy (non-hydrogen) atoms. The average Bonchev–Trinajstić information content (AvgIpc) is 2.99. The van der Waals surface area contributed by atoms with Crippen LogP contribution < -0.4 is 11.1 Å². The van der Waals surface area contributed by atoms with Crippen LogP contribution in [0.1, 0.15) is 24.6 Å². The van der Waals surface area contributed by atoms with Crippen LogP contribution in [0, 0.1) is 0 Å². The van der Waals surface area contributed by atoms with Gasteiger partial charge in [-0.25, -0.2) is 9.97 Å². The first-order valence-electron chi connectivity index (χ1n) is 5.33. The maximum Gasteiger partial charge on any atom is 0.136 e. The van der Waals surface area contributed by atoms with Crippen molar-refractivity contribution in [1.29, 1.82) is 0 Å². The molecule has 0 radical (unpaired) electrons. The molecule has 0 bridgehead atoms. The van der Waals surface area contributed by atoms with Gasteiger partial charge in [0.15, 0.2) is 0 Å². The molecule has 0 aromatic carbocycles. The van der Waals surface area contributed by atoms with E-state index in [1.807, 2.05) is 0 Å². The molecule has 1 saturated carbocycles. The summed E-state index contributed by atoms with van der Waals surface area (Å²) in [5, 5.41) is 3.12. The van der Waals surface area contributed by atoms with E-state index in [2.05, 4.69) is 15.3 Å². The highest BCUT2D eigenvalue weighted by molar-refractivity contribution is 7.84. The Kier molecular flexibility index (Phi) is 3.38. The molecule has 5 nitrogen and oxygen atoms in total. The molecule has 0 saturated heterocycles. The summed E-state index contributed by atoms with van der Waals surface area (Å²) in [6.45, 7) is 0.643. The molecular formula is C10H16N4OS. The minimum atomic E-state index is -0.784. The van der Waals surface area contributed by atoms with Gasteiger partial charge in [-0.05, 0) is 12.8 Å². The van der Waals surface area contributed by atoms with Crippen molar-refractivity contribution in [2.75, 3.05) is 29.6 Å². The summed E-state index contributed by atoms with van der Waals surface area (Å²) in [5.41, 5.74) is 5.71. The van der Waals surface area contributed by atoms with E-state index >= 15 is 0 Å². The summed E-state index contributed by atoms with van der Waals surface area (Å²) in [6, 6.07) is 1.71. The lowest BCUT2D eigenvalue weighted by molar-refractivity contribution is 0.687. The SMILES string of the molecule is CS(=O)CCNc1cc(N)nc(C2CC2)n1. The van der Waals surface area contributed by atoms with Crippen molar-refractivity contribution in [3.63, 3.8) is 0 Å². The van der Waals surface area contributed by atoms with Crippen LogP contribution in [0.3, 0.4) is 0 Å². The van der Waals surface area contributed by atoms with Gasteiger partial charge in [-0.1, -0.05) is 0 Å². The Morgan fingerprint density at radius 2 is 2.31 bits per heavy atom. The van der Waals surface area contributed by atoms with Crippen LogP contribution in [0.15, 0.2) is 6.07 Å². The number of nitrogens with zero attached hydrogens (tertiary/aromatic N) is 2. The molecule has 6 heteroatoms. The number of nitrogen functional groups attached to an aromatic ring is 1. The Hall–Kier alpha value is -1.17. The Morgan fingerprint density at radius 1 is 1.56 bits per heavy atom. The minimum Gasteiger partial charge on any atom is -0.384 e. The molecule has 1 unspecified atom stereocenters. The lowest BCUT2D eigenvalue weighted by Crippen LogP contribution is -2.12. The van der Waals surface area contributed by atoms with Crippen molar-refractivity contribution < 1.29 is 4.21 Å². The molecule has 88 valence electrons. The van der Waals surface area contributed by atoms with Crippen LogP contribution >= 0.6 is 0 Å². The van der Waals surface area contributed by atoms with Gasteiger partial charge < -0.3 is 11.1 Å². The molecule has 1 atom stereocenters. The van der Waals surface area contributed by atoms with Crippen molar-refractivity contribution in [3.05, 3.63) is 11.9 Å². The molecule has 1 aromatic heterocycles. The minimum absolute atomic E-state index is 0.490. The highest BCUT2D eigenvalue weighted by Crippen LogP contribution is 2.38. The van der Waals surface area contributed by atoms with Gasteiger partial charge in [-0.2, -0.15) is 0 Å². The van der Waals surface area contributed by atoms with Crippen LogP contribution in [0.2, 0.25) is 0 Å². The second-order valence-electron chi connectivity index (χ2n) is 4.01. The average molecular weight is 240 g/mol. The third kappa shape index (κ3) is 3.16. The van der Waals surface area contributed by atoms with E-state index in [1.54, 1.807) is 12.3 Å². The number of aromatic nitrogens is 2. The van der Waals surface area contributed by atoms with E-state index in [-0.39, 0.29) is 0 Å². The quantitative estimate of drug-likeness (QED) is 0.793. The molecule has 0 amide bonds. The van der Waals surface area contributed by atoms with Gasteiger partial charge in [0.25, 0.3) is 0 Å². The van der Waals surface area contributed by atoms with E-state index in [0.29, 0.717) is 24.0 Å². The normalized spacial score (nSPS) is 17.1. The van der Waals surface area contributed by atoms with Gasteiger partial charge in [-0.3, -0.25) is 4.21 Å². The standard InChI is InChI=1S/C10H16N4OS/c1-16(15)5-4-12-9-6-8(11)13-10(14-9)7-2-3-7/h6-7H,2-5H2,1H3,(H3,11,12,13,14). The molecule has 1 heterocycles. The Bertz CT molecular complexity index is 406. The first-order chi connectivity index (χ1) is 7.65. The Balaban J connectivity index is 1.99. The summed E-state index contributed by atoms with van der Waals surface area (Å²) in [7, 11) is -0.784. The maximum atomic E-state index is 10.9. The summed E-state index contributed by atoms with van der Waals surface area (Å²) in [5.74, 6) is 3.17. The van der Waals surface area contributed by atoms with E-state index in [1.165, 1.54) is 0 Å². The first kappa shape index (κ1) is 11.3. The van der Waals surface area contributed by atoms with Gasteiger partial charge in [-0.15, -0.1) is 0 Å². The van der Waals surface area contributed by atoms with Gasteiger partial charge in [0.2, 0.25) is 0 Å². The van der Waals surface area contributed by atoms with Crippen LogP contribution in [-0.4, -0.2) is 32.7 Å². The third-order valence-electron chi connectivity index (χ3n) is 2.40. The van der Waals surface area contributed by atoms with Crippen molar-refractivity contribution >= 4 is 22.4 Å². The summed E-state index contributed by atoms with van der Waals surface area (Å²) in [4.78, 5) is 8.60. The van der Waals surface area contributed by atoms with Crippen LogP contribution in [0.25, 0.3) is 0 Å². The molecule has 1 fully saturated rings. The molecule has 1 aliphatic rings. The smallest absolute Gasteiger partial charge is 0.136 e. The zero-order valence-corrected chi connectivity index (χ0v) is 10.1. The molecule has 1 aliphatic carbocycles. The molecule has 2 rings (SSSR count). The molecule has 0 aliphatic heterocycles. The number of nitrogens with two attached hydrogens (primary N) is 1. The Labute approximate surface area is 97.3 Å².